The van der Waals surface area contributed by atoms with Gasteiger partial charge in [0.25, 0.3) is 11.8 Å². The second kappa shape index (κ2) is 9.64. The Bertz CT molecular complexity index is 801. The van der Waals surface area contributed by atoms with Gasteiger partial charge in [0.1, 0.15) is 0 Å². The first-order chi connectivity index (χ1) is 12.5. The summed E-state index contributed by atoms with van der Waals surface area (Å²) in [7, 11) is 0. The number of rotatable bonds is 4. The number of carbonyl (C=O) groups excluding carboxylic acids is 2. The van der Waals surface area contributed by atoms with Gasteiger partial charge in [0, 0.05) is 29.1 Å². The number of amides is 2. The summed E-state index contributed by atoms with van der Waals surface area (Å²) >= 11 is 5.84. The zero-order chi connectivity index (χ0) is 18.5. The number of anilines is 1. The number of piperidine rings is 1. The highest BCUT2D eigenvalue weighted by Crippen LogP contribution is 2.15. The second-order valence-electron chi connectivity index (χ2n) is 6.26. The fraction of sp³-hybridized carbons (Fsp3) is 0.333. The third-order valence-corrected chi connectivity index (χ3v) is 4.58. The Labute approximate surface area is 168 Å². The lowest BCUT2D eigenvalue weighted by molar-refractivity contribution is 0.0897. The average molecular weight is 410 g/mol. The van der Waals surface area contributed by atoms with Gasteiger partial charge in [0.2, 0.25) is 0 Å². The van der Waals surface area contributed by atoms with Crippen molar-refractivity contribution in [3.63, 3.8) is 0 Å². The van der Waals surface area contributed by atoms with E-state index in [1.807, 2.05) is 0 Å². The van der Waals surface area contributed by atoms with Crippen LogP contribution in [-0.2, 0) is 0 Å². The lowest BCUT2D eigenvalue weighted by Gasteiger charge is -2.30. The van der Waals surface area contributed by atoms with Crippen LogP contribution >= 0.6 is 24.0 Å². The van der Waals surface area contributed by atoms with E-state index in [0.29, 0.717) is 16.6 Å². The molecular weight excluding hydrogens is 389 g/mol. The summed E-state index contributed by atoms with van der Waals surface area (Å²) in [5, 5.41) is 9.53. The third kappa shape index (κ3) is 5.38. The van der Waals surface area contributed by atoms with Gasteiger partial charge in [-0.3, -0.25) is 9.59 Å². The number of aromatic nitrogens is 2. The number of nitrogens with one attached hydrogen (secondary N) is 3. The smallest absolute Gasteiger partial charge is 0.276 e. The summed E-state index contributed by atoms with van der Waals surface area (Å²) < 4.78 is 0. The van der Waals surface area contributed by atoms with Gasteiger partial charge in [-0.05, 0) is 49.7 Å². The van der Waals surface area contributed by atoms with Crippen LogP contribution in [0.3, 0.4) is 0 Å². The predicted molar refractivity (Wildman–Crippen MR) is 107 cm³/mol. The van der Waals surface area contributed by atoms with Gasteiger partial charge in [0.05, 0.1) is 0 Å². The van der Waals surface area contributed by atoms with Crippen molar-refractivity contribution < 1.29 is 9.59 Å². The average Bonchev–Trinajstić information content (AvgIpc) is 2.65. The number of hydrogen-bond acceptors (Lipinski definition) is 5. The molecule has 0 bridgehead atoms. The molecule has 3 N–H and O–H groups in total. The van der Waals surface area contributed by atoms with E-state index in [1.54, 1.807) is 24.3 Å². The molecule has 1 aliphatic rings. The number of hydrogen-bond donors (Lipinski definition) is 3. The Balaban J connectivity index is 0.00000261. The first kappa shape index (κ1) is 21.1. The summed E-state index contributed by atoms with van der Waals surface area (Å²) in [5.74, 6) is -0.585. The van der Waals surface area contributed by atoms with E-state index in [2.05, 4.69) is 32.8 Å². The van der Waals surface area contributed by atoms with Gasteiger partial charge in [-0.1, -0.05) is 18.5 Å². The molecule has 2 heterocycles. The summed E-state index contributed by atoms with van der Waals surface area (Å²) in [6.07, 6.45) is 3.63. The van der Waals surface area contributed by atoms with E-state index in [9.17, 15) is 9.59 Å². The van der Waals surface area contributed by atoms with E-state index in [1.165, 1.54) is 12.4 Å². The molecule has 2 aromatic rings. The quantitative estimate of drug-likeness (QED) is 0.720. The highest BCUT2D eigenvalue weighted by atomic mass is 35.5. The largest absolute Gasteiger partial charge is 0.348 e. The van der Waals surface area contributed by atoms with Crippen molar-refractivity contribution in [3.05, 3.63) is 53.1 Å². The standard InChI is InChI=1S/C18H20ClN5O2.ClH/c1-11-10-20-7-6-14(11)24-18(26)16-15(21-8-9-22-16)17(25)23-13-4-2-12(19)3-5-13;/h2-5,8-9,11,14,20H,6-7,10H2,1H3,(H,23,25)(H,24,26);1H. The number of carbonyl (C=O) groups is 2. The van der Waals surface area contributed by atoms with Crippen LogP contribution in [0, 0.1) is 5.92 Å². The van der Waals surface area contributed by atoms with Crippen molar-refractivity contribution in [2.75, 3.05) is 18.4 Å². The summed E-state index contributed by atoms with van der Waals surface area (Å²) in [4.78, 5) is 33.3. The molecular formula is C18H21Cl2N5O2. The van der Waals surface area contributed by atoms with E-state index in [4.69, 9.17) is 11.6 Å². The van der Waals surface area contributed by atoms with Crippen LogP contribution < -0.4 is 16.0 Å². The molecule has 3 rings (SSSR count). The predicted octanol–water partition coefficient (Wildman–Crippen LogP) is 2.53. The molecule has 2 atom stereocenters. The van der Waals surface area contributed by atoms with Crippen molar-refractivity contribution in [1.82, 2.24) is 20.6 Å². The Morgan fingerprint density at radius 2 is 1.74 bits per heavy atom. The molecule has 0 spiro atoms. The van der Waals surface area contributed by atoms with Crippen LogP contribution in [0.4, 0.5) is 5.69 Å². The molecule has 2 amide bonds. The lowest BCUT2D eigenvalue weighted by atomic mass is 9.95. The zero-order valence-corrected chi connectivity index (χ0v) is 16.3. The minimum absolute atomic E-state index is 0. The van der Waals surface area contributed by atoms with Crippen LogP contribution in [0.25, 0.3) is 0 Å². The molecule has 144 valence electrons. The van der Waals surface area contributed by atoms with E-state index in [-0.39, 0.29) is 29.8 Å². The SMILES string of the molecule is CC1CNCCC1NC(=O)c1nccnc1C(=O)Nc1ccc(Cl)cc1.Cl. The van der Waals surface area contributed by atoms with E-state index in [0.717, 1.165) is 19.5 Å². The normalized spacial score (nSPS) is 18.9. The maximum absolute atomic E-state index is 12.6. The molecule has 7 nitrogen and oxygen atoms in total. The van der Waals surface area contributed by atoms with Crippen molar-refractivity contribution in [3.8, 4) is 0 Å². The van der Waals surface area contributed by atoms with Crippen LogP contribution in [0.15, 0.2) is 36.7 Å². The van der Waals surface area contributed by atoms with Crippen molar-refractivity contribution >= 4 is 41.5 Å². The third-order valence-electron chi connectivity index (χ3n) is 4.33. The van der Waals surface area contributed by atoms with Crippen LogP contribution in [0.1, 0.15) is 34.3 Å². The molecule has 1 aliphatic heterocycles. The fourth-order valence-corrected chi connectivity index (χ4v) is 2.99. The maximum Gasteiger partial charge on any atom is 0.276 e. The van der Waals surface area contributed by atoms with Crippen LogP contribution in [0.2, 0.25) is 5.02 Å². The Morgan fingerprint density at radius 1 is 1.11 bits per heavy atom. The van der Waals surface area contributed by atoms with Gasteiger partial charge in [0.15, 0.2) is 11.4 Å². The molecule has 27 heavy (non-hydrogen) atoms. The molecule has 0 aliphatic carbocycles. The topological polar surface area (TPSA) is 96.0 Å². The van der Waals surface area contributed by atoms with E-state index >= 15 is 0 Å². The molecule has 1 aromatic carbocycles. The number of nitrogens with zero attached hydrogens (tertiary/aromatic N) is 2. The Kier molecular flexibility index (Phi) is 7.53. The summed E-state index contributed by atoms with van der Waals surface area (Å²) in [6, 6.07) is 6.72. The maximum atomic E-state index is 12.6. The summed E-state index contributed by atoms with van der Waals surface area (Å²) in [5.41, 5.74) is 0.564. The minimum atomic E-state index is -0.496. The van der Waals surface area contributed by atoms with Gasteiger partial charge in [-0.25, -0.2) is 9.97 Å². The first-order valence-electron chi connectivity index (χ1n) is 8.44. The molecule has 1 fully saturated rings. The first-order valence-corrected chi connectivity index (χ1v) is 8.82. The molecule has 9 heteroatoms. The zero-order valence-electron chi connectivity index (χ0n) is 14.7. The van der Waals surface area contributed by atoms with Crippen LogP contribution in [-0.4, -0.2) is 40.9 Å². The van der Waals surface area contributed by atoms with Gasteiger partial charge in [-0.15, -0.1) is 12.4 Å². The van der Waals surface area contributed by atoms with Gasteiger partial charge >= 0.3 is 0 Å². The van der Waals surface area contributed by atoms with Gasteiger partial charge in [-0.2, -0.15) is 0 Å². The van der Waals surface area contributed by atoms with Gasteiger partial charge < -0.3 is 16.0 Å². The molecule has 0 radical (unpaired) electrons. The second-order valence-corrected chi connectivity index (χ2v) is 6.70. The monoisotopic (exact) mass is 409 g/mol. The fourth-order valence-electron chi connectivity index (χ4n) is 2.86. The highest BCUT2D eigenvalue weighted by molar-refractivity contribution is 6.30. The van der Waals surface area contributed by atoms with Crippen molar-refractivity contribution in [2.45, 2.75) is 19.4 Å². The van der Waals surface area contributed by atoms with Crippen LogP contribution in [0.5, 0.6) is 0 Å². The number of halogens is 2. The minimum Gasteiger partial charge on any atom is -0.348 e. The Morgan fingerprint density at radius 3 is 2.37 bits per heavy atom. The van der Waals surface area contributed by atoms with Crippen molar-refractivity contribution in [1.29, 1.82) is 0 Å². The molecule has 1 aromatic heterocycles. The Hall–Kier alpha value is -2.22. The molecule has 2 unspecified atom stereocenters. The lowest BCUT2D eigenvalue weighted by Crippen LogP contribution is -2.48. The highest BCUT2D eigenvalue weighted by Gasteiger charge is 2.26. The number of benzene rings is 1. The summed E-state index contributed by atoms with van der Waals surface area (Å²) in [6.45, 7) is 3.76. The molecule has 0 saturated carbocycles. The van der Waals surface area contributed by atoms with E-state index < -0.39 is 11.8 Å². The molecule has 1 saturated heterocycles. The van der Waals surface area contributed by atoms with Crippen molar-refractivity contribution in [2.24, 2.45) is 5.92 Å².